The van der Waals surface area contributed by atoms with E-state index >= 15 is 0 Å². The number of aryl methyl sites for hydroxylation is 2. The molecule has 118 valence electrons. The maximum Gasteiger partial charge on any atom is 0.343 e. The molecule has 2 N–H and O–H groups in total. The van der Waals surface area contributed by atoms with E-state index in [0.29, 0.717) is 13.0 Å². The van der Waals surface area contributed by atoms with Crippen molar-refractivity contribution in [2.45, 2.75) is 51.1 Å². The highest BCUT2D eigenvalue weighted by Crippen LogP contribution is 2.13. The van der Waals surface area contributed by atoms with Gasteiger partial charge in [-0.2, -0.15) is 5.10 Å². The molecule has 0 spiro atoms. The molecular formula is C15H20N4O2S. The zero-order valence-corrected chi connectivity index (χ0v) is 13.2. The number of nitrogens with zero attached hydrogens (tertiary/aromatic N) is 2. The Bertz CT molecular complexity index is 674. The number of aromatic amines is 1. The Hall–Kier alpha value is -1.89. The maximum absolute atomic E-state index is 12.0. The van der Waals surface area contributed by atoms with Crippen LogP contribution in [0.25, 0.3) is 0 Å². The van der Waals surface area contributed by atoms with E-state index in [1.165, 1.54) is 4.88 Å². The molecule has 1 atom stereocenters. The summed E-state index contributed by atoms with van der Waals surface area (Å²) in [5.74, 6) is 0.898. The predicted molar refractivity (Wildman–Crippen MR) is 85.0 cm³/mol. The molecule has 1 amide bonds. The molecular weight excluding hydrogens is 300 g/mol. The lowest BCUT2D eigenvalue weighted by Gasteiger charge is -2.15. The first-order chi connectivity index (χ1) is 10.7. The van der Waals surface area contributed by atoms with E-state index in [4.69, 9.17) is 0 Å². The van der Waals surface area contributed by atoms with Crippen LogP contribution in [0, 0.1) is 0 Å². The number of amides is 1. The minimum absolute atomic E-state index is 0.106. The lowest BCUT2D eigenvalue weighted by atomic mass is 10.1. The van der Waals surface area contributed by atoms with E-state index < -0.39 is 0 Å². The number of aromatic nitrogens is 3. The van der Waals surface area contributed by atoms with Crippen LogP contribution in [0.5, 0.6) is 0 Å². The van der Waals surface area contributed by atoms with Crippen LogP contribution in [0.3, 0.4) is 0 Å². The topological polar surface area (TPSA) is 79.8 Å². The van der Waals surface area contributed by atoms with Gasteiger partial charge in [0.25, 0.3) is 0 Å². The molecule has 1 unspecified atom stereocenters. The van der Waals surface area contributed by atoms with Gasteiger partial charge in [-0.1, -0.05) is 6.07 Å². The standard InChI is InChI=1S/C15H20N4O2S/c20-14(5-1-3-12-4-2-10-22-12)16-11-6-7-13-17-18-15(21)19(13)9-8-11/h2,4,10-11H,1,3,5-9H2,(H,16,20)(H,18,21). The van der Waals surface area contributed by atoms with E-state index in [2.05, 4.69) is 27.0 Å². The summed E-state index contributed by atoms with van der Waals surface area (Å²) in [5, 5.41) is 11.7. The third kappa shape index (κ3) is 3.65. The number of thiophene rings is 1. The van der Waals surface area contributed by atoms with Crippen LogP contribution in [0.2, 0.25) is 0 Å². The SMILES string of the molecule is O=C(CCCc1cccs1)NC1CCc2n[nH]c(=O)n2CC1. The first-order valence-corrected chi connectivity index (χ1v) is 8.56. The monoisotopic (exact) mass is 320 g/mol. The molecule has 0 saturated carbocycles. The van der Waals surface area contributed by atoms with Gasteiger partial charge in [0.1, 0.15) is 5.82 Å². The zero-order chi connectivity index (χ0) is 15.4. The summed E-state index contributed by atoms with van der Waals surface area (Å²) < 4.78 is 1.67. The minimum atomic E-state index is -0.155. The second-order valence-corrected chi connectivity index (χ2v) is 6.65. The smallest absolute Gasteiger partial charge is 0.343 e. The van der Waals surface area contributed by atoms with Crippen LogP contribution in [0.1, 0.15) is 36.4 Å². The summed E-state index contributed by atoms with van der Waals surface area (Å²) in [5.41, 5.74) is -0.155. The van der Waals surface area contributed by atoms with Gasteiger partial charge in [0.2, 0.25) is 5.91 Å². The van der Waals surface area contributed by atoms with Crippen molar-refractivity contribution in [3.8, 4) is 0 Å². The average molecular weight is 320 g/mol. The van der Waals surface area contributed by atoms with Crippen LogP contribution >= 0.6 is 11.3 Å². The van der Waals surface area contributed by atoms with Gasteiger partial charge in [0, 0.05) is 30.3 Å². The molecule has 0 aromatic carbocycles. The lowest BCUT2D eigenvalue weighted by molar-refractivity contribution is -0.122. The minimum Gasteiger partial charge on any atom is -0.353 e. The summed E-state index contributed by atoms with van der Waals surface area (Å²) in [6.45, 7) is 0.616. The molecule has 2 aromatic rings. The fraction of sp³-hybridized carbons (Fsp3) is 0.533. The normalized spacial score (nSPS) is 17.7. The third-order valence-electron chi connectivity index (χ3n) is 4.03. The van der Waals surface area contributed by atoms with Crippen molar-refractivity contribution in [3.63, 3.8) is 0 Å². The van der Waals surface area contributed by atoms with Gasteiger partial charge < -0.3 is 5.32 Å². The first-order valence-electron chi connectivity index (χ1n) is 7.68. The average Bonchev–Trinajstić information content (AvgIpc) is 3.08. The molecule has 22 heavy (non-hydrogen) atoms. The largest absolute Gasteiger partial charge is 0.353 e. The van der Waals surface area contributed by atoms with Crippen molar-refractivity contribution in [2.75, 3.05) is 0 Å². The Labute approximate surface area is 132 Å². The van der Waals surface area contributed by atoms with Crippen LogP contribution in [0.15, 0.2) is 22.3 Å². The Kier molecular flexibility index (Phi) is 4.72. The Morgan fingerprint density at radius 2 is 2.41 bits per heavy atom. The second-order valence-electron chi connectivity index (χ2n) is 5.62. The Morgan fingerprint density at radius 3 is 3.23 bits per heavy atom. The molecule has 7 heteroatoms. The van der Waals surface area contributed by atoms with Gasteiger partial charge in [-0.25, -0.2) is 9.89 Å². The van der Waals surface area contributed by atoms with E-state index in [1.54, 1.807) is 15.9 Å². The van der Waals surface area contributed by atoms with Gasteiger partial charge in [0.15, 0.2) is 0 Å². The lowest BCUT2D eigenvalue weighted by Crippen LogP contribution is -2.35. The van der Waals surface area contributed by atoms with Crippen molar-refractivity contribution < 1.29 is 4.79 Å². The summed E-state index contributed by atoms with van der Waals surface area (Å²) >= 11 is 1.73. The number of nitrogens with one attached hydrogen (secondary N) is 2. The van der Waals surface area contributed by atoms with Crippen LogP contribution in [-0.2, 0) is 24.2 Å². The number of H-pyrrole nitrogens is 1. The zero-order valence-electron chi connectivity index (χ0n) is 12.4. The molecule has 0 saturated heterocycles. The summed E-state index contributed by atoms with van der Waals surface area (Å²) in [7, 11) is 0. The molecule has 0 aliphatic carbocycles. The molecule has 6 nitrogen and oxygen atoms in total. The molecule has 0 radical (unpaired) electrons. The molecule has 1 aliphatic rings. The summed E-state index contributed by atoms with van der Waals surface area (Å²) in [6.07, 6.45) is 4.73. The van der Waals surface area contributed by atoms with Gasteiger partial charge >= 0.3 is 5.69 Å². The summed E-state index contributed by atoms with van der Waals surface area (Å²) in [6, 6.07) is 4.28. The van der Waals surface area contributed by atoms with Crippen LogP contribution in [-0.4, -0.2) is 26.7 Å². The van der Waals surface area contributed by atoms with Crippen molar-refractivity contribution in [2.24, 2.45) is 0 Å². The van der Waals surface area contributed by atoms with Crippen molar-refractivity contribution in [3.05, 3.63) is 38.7 Å². The quantitative estimate of drug-likeness (QED) is 0.875. The van der Waals surface area contributed by atoms with Crippen molar-refractivity contribution in [1.29, 1.82) is 0 Å². The highest BCUT2D eigenvalue weighted by atomic mass is 32.1. The van der Waals surface area contributed by atoms with E-state index in [-0.39, 0.29) is 17.6 Å². The van der Waals surface area contributed by atoms with Gasteiger partial charge in [0.05, 0.1) is 0 Å². The van der Waals surface area contributed by atoms with Gasteiger partial charge in [-0.15, -0.1) is 11.3 Å². The second kappa shape index (κ2) is 6.91. The first kappa shape index (κ1) is 15.0. The molecule has 3 rings (SSSR count). The van der Waals surface area contributed by atoms with Crippen molar-refractivity contribution in [1.82, 2.24) is 20.1 Å². The predicted octanol–water partition coefficient (Wildman–Crippen LogP) is 1.48. The fourth-order valence-corrected chi connectivity index (χ4v) is 3.58. The number of fused-ring (bicyclic) bond motifs is 1. The van der Waals surface area contributed by atoms with E-state index in [9.17, 15) is 9.59 Å². The Morgan fingerprint density at radius 1 is 1.50 bits per heavy atom. The third-order valence-corrected chi connectivity index (χ3v) is 4.96. The Balaban J connectivity index is 1.43. The number of hydrogen-bond acceptors (Lipinski definition) is 4. The van der Waals surface area contributed by atoms with E-state index in [0.717, 1.165) is 37.9 Å². The number of hydrogen-bond donors (Lipinski definition) is 2. The van der Waals surface area contributed by atoms with E-state index in [1.807, 2.05) is 6.07 Å². The summed E-state index contributed by atoms with van der Waals surface area (Å²) in [4.78, 5) is 24.9. The van der Waals surface area contributed by atoms with Crippen LogP contribution < -0.4 is 11.0 Å². The van der Waals surface area contributed by atoms with Gasteiger partial charge in [-0.3, -0.25) is 9.36 Å². The van der Waals surface area contributed by atoms with Gasteiger partial charge in [-0.05, 0) is 37.1 Å². The number of carbonyl (C=O) groups is 1. The number of rotatable bonds is 5. The fourth-order valence-electron chi connectivity index (χ4n) is 2.83. The highest BCUT2D eigenvalue weighted by molar-refractivity contribution is 7.09. The molecule has 0 bridgehead atoms. The molecule has 3 heterocycles. The van der Waals surface area contributed by atoms with Crippen molar-refractivity contribution >= 4 is 17.2 Å². The maximum atomic E-state index is 12.0. The highest BCUT2D eigenvalue weighted by Gasteiger charge is 2.19. The molecule has 2 aromatic heterocycles. The number of carbonyl (C=O) groups excluding carboxylic acids is 1. The molecule has 1 aliphatic heterocycles. The molecule has 0 fully saturated rings. The van der Waals surface area contributed by atoms with Crippen LogP contribution in [0.4, 0.5) is 0 Å².